The van der Waals surface area contributed by atoms with Crippen LogP contribution in [0.15, 0.2) is 22.7 Å². The average Bonchev–Trinajstić information content (AvgIpc) is 2.47. The van der Waals surface area contributed by atoms with Crippen LogP contribution in [0.2, 0.25) is 0 Å². The van der Waals surface area contributed by atoms with Crippen LogP contribution in [0, 0.1) is 17.7 Å². The van der Waals surface area contributed by atoms with E-state index in [2.05, 4.69) is 28.2 Å². The standard InChI is InChI=1S/C17H25BrFN/c1-3-12-4-6-13(7-5-12)17(20-2)10-14-8-9-15(18)11-16(14)19/h8-9,11-13,17,20H,3-7,10H2,1-2H3. The summed E-state index contributed by atoms with van der Waals surface area (Å²) in [5, 5.41) is 3.42. The van der Waals surface area contributed by atoms with Crippen LogP contribution >= 0.6 is 15.9 Å². The molecule has 1 aliphatic rings. The van der Waals surface area contributed by atoms with Gasteiger partial charge in [-0.25, -0.2) is 4.39 Å². The quantitative estimate of drug-likeness (QED) is 0.800. The summed E-state index contributed by atoms with van der Waals surface area (Å²) in [6.45, 7) is 2.29. The van der Waals surface area contributed by atoms with E-state index in [9.17, 15) is 4.39 Å². The van der Waals surface area contributed by atoms with Gasteiger partial charge in [0.1, 0.15) is 5.82 Å². The van der Waals surface area contributed by atoms with Gasteiger partial charge in [-0.05, 0) is 55.8 Å². The molecule has 1 aliphatic carbocycles. The highest BCUT2D eigenvalue weighted by molar-refractivity contribution is 9.10. The molecular formula is C17H25BrFN. The summed E-state index contributed by atoms with van der Waals surface area (Å²) in [5.41, 5.74) is 0.824. The second kappa shape index (κ2) is 7.56. The number of benzene rings is 1. The minimum absolute atomic E-state index is 0.0955. The van der Waals surface area contributed by atoms with Gasteiger partial charge in [0.05, 0.1) is 0 Å². The van der Waals surface area contributed by atoms with Crippen LogP contribution < -0.4 is 5.32 Å². The Hall–Kier alpha value is -0.410. The van der Waals surface area contributed by atoms with Crippen molar-refractivity contribution in [1.29, 1.82) is 0 Å². The molecule has 0 bridgehead atoms. The average molecular weight is 342 g/mol. The molecule has 1 aromatic rings. The Balaban J connectivity index is 1.98. The van der Waals surface area contributed by atoms with Crippen LogP contribution in [0.5, 0.6) is 0 Å². The summed E-state index contributed by atoms with van der Waals surface area (Å²) in [6.07, 6.45) is 7.32. The Labute approximate surface area is 130 Å². The molecule has 0 aromatic heterocycles. The van der Waals surface area contributed by atoms with Gasteiger partial charge in [-0.1, -0.05) is 48.2 Å². The molecular weight excluding hydrogens is 317 g/mol. The fourth-order valence-electron chi connectivity index (χ4n) is 3.43. The minimum Gasteiger partial charge on any atom is -0.316 e. The third-order valence-electron chi connectivity index (χ3n) is 4.86. The largest absolute Gasteiger partial charge is 0.316 e. The van der Waals surface area contributed by atoms with E-state index in [1.165, 1.54) is 32.1 Å². The maximum atomic E-state index is 14.0. The molecule has 0 spiro atoms. The van der Waals surface area contributed by atoms with E-state index < -0.39 is 0 Å². The summed E-state index contributed by atoms with van der Waals surface area (Å²) >= 11 is 3.32. The van der Waals surface area contributed by atoms with Crippen LogP contribution in [0.3, 0.4) is 0 Å². The first-order valence-corrected chi connectivity index (χ1v) is 8.54. The second-order valence-electron chi connectivity index (χ2n) is 6.02. The normalized spacial score (nSPS) is 24.6. The Bertz CT molecular complexity index is 427. The molecule has 2 rings (SSSR count). The topological polar surface area (TPSA) is 12.0 Å². The molecule has 1 atom stereocenters. The zero-order chi connectivity index (χ0) is 14.5. The van der Waals surface area contributed by atoms with Crippen molar-refractivity contribution < 1.29 is 4.39 Å². The summed E-state index contributed by atoms with van der Waals surface area (Å²) in [4.78, 5) is 0. The van der Waals surface area contributed by atoms with Gasteiger partial charge in [-0.2, -0.15) is 0 Å². The fraction of sp³-hybridized carbons (Fsp3) is 0.647. The predicted octanol–water partition coefficient (Wildman–Crippen LogP) is 4.94. The van der Waals surface area contributed by atoms with E-state index in [1.54, 1.807) is 6.07 Å². The van der Waals surface area contributed by atoms with Gasteiger partial charge in [0.2, 0.25) is 0 Å². The molecule has 1 N–H and O–H groups in total. The SMILES string of the molecule is CCC1CCC(C(Cc2ccc(Br)cc2F)NC)CC1. The molecule has 1 aromatic carbocycles. The van der Waals surface area contributed by atoms with Crippen molar-refractivity contribution in [2.75, 3.05) is 7.05 Å². The van der Waals surface area contributed by atoms with E-state index in [0.29, 0.717) is 12.0 Å². The maximum absolute atomic E-state index is 14.0. The van der Waals surface area contributed by atoms with Crippen LogP contribution in [-0.4, -0.2) is 13.1 Å². The summed E-state index contributed by atoms with van der Waals surface area (Å²) in [6, 6.07) is 5.79. The van der Waals surface area contributed by atoms with E-state index >= 15 is 0 Å². The van der Waals surface area contributed by atoms with Gasteiger partial charge in [-0.15, -0.1) is 0 Å². The lowest BCUT2D eigenvalue weighted by Gasteiger charge is -2.33. The molecule has 0 saturated heterocycles. The minimum atomic E-state index is -0.0955. The Morgan fingerprint density at radius 3 is 2.55 bits per heavy atom. The molecule has 3 heteroatoms. The van der Waals surface area contributed by atoms with E-state index in [-0.39, 0.29) is 5.82 Å². The van der Waals surface area contributed by atoms with Crippen molar-refractivity contribution in [3.05, 3.63) is 34.1 Å². The van der Waals surface area contributed by atoms with Gasteiger partial charge in [-0.3, -0.25) is 0 Å². The van der Waals surface area contributed by atoms with Crippen LogP contribution in [0.1, 0.15) is 44.6 Å². The molecule has 1 nitrogen and oxygen atoms in total. The monoisotopic (exact) mass is 341 g/mol. The van der Waals surface area contributed by atoms with Gasteiger partial charge in [0, 0.05) is 10.5 Å². The summed E-state index contributed by atoms with van der Waals surface area (Å²) < 4.78 is 14.8. The Morgan fingerprint density at radius 2 is 2.00 bits per heavy atom. The maximum Gasteiger partial charge on any atom is 0.127 e. The lowest BCUT2D eigenvalue weighted by Crippen LogP contribution is -2.37. The highest BCUT2D eigenvalue weighted by Gasteiger charge is 2.26. The van der Waals surface area contributed by atoms with Gasteiger partial charge >= 0.3 is 0 Å². The highest BCUT2D eigenvalue weighted by atomic mass is 79.9. The first-order chi connectivity index (χ1) is 9.63. The van der Waals surface area contributed by atoms with Crippen LogP contribution in [-0.2, 0) is 6.42 Å². The molecule has 0 radical (unpaired) electrons. The summed E-state index contributed by atoms with van der Waals surface area (Å²) in [5.74, 6) is 1.50. The third kappa shape index (κ3) is 4.05. The van der Waals surface area contributed by atoms with Crippen molar-refractivity contribution in [1.82, 2.24) is 5.32 Å². The first kappa shape index (κ1) is 16.0. The molecule has 0 amide bonds. The van der Waals surface area contributed by atoms with Crippen molar-refractivity contribution in [2.45, 2.75) is 51.5 Å². The van der Waals surface area contributed by atoms with Crippen molar-refractivity contribution in [3.8, 4) is 0 Å². The number of rotatable bonds is 5. The van der Waals surface area contributed by atoms with E-state index in [0.717, 1.165) is 22.4 Å². The Kier molecular flexibility index (Phi) is 6.03. The molecule has 1 unspecified atom stereocenters. The van der Waals surface area contributed by atoms with Gasteiger partial charge < -0.3 is 5.32 Å². The zero-order valence-corrected chi connectivity index (χ0v) is 14.0. The number of likely N-dealkylation sites (N-methyl/N-ethyl adjacent to an activating group) is 1. The number of hydrogen-bond donors (Lipinski definition) is 1. The van der Waals surface area contributed by atoms with Crippen molar-refractivity contribution in [3.63, 3.8) is 0 Å². The first-order valence-electron chi connectivity index (χ1n) is 7.75. The smallest absolute Gasteiger partial charge is 0.127 e. The fourth-order valence-corrected chi connectivity index (χ4v) is 3.76. The second-order valence-corrected chi connectivity index (χ2v) is 6.94. The molecule has 1 saturated carbocycles. The van der Waals surface area contributed by atoms with Crippen LogP contribution in [0.25, 0.3) is 0 Å². The molecule has 112 valence electrons. The van der Waals surface area contributed by atoms with E-state index in [1.807, 2.05) is 19.2 Å². The number of hydrogen-bond acceptors (Lipinski definition) is 1. The molecule has 20 heavy (non-hydrogen) atoms. The molecule has 0 aliphatic heterocycles. The lowest BCUT2D eigenvalue weighted by atomic mass is 9.76. The van der Waals surface area contributed by atoms with Gasteiger partial charge in [0.15, 0.2) is 0 Å². The molecule has 1 fully saturated rings. The number of halogens is 2. The lowest BCUT2D eigenvalue weighted by molar-refractivity contribution is 0.221. The van der Waals surface area contributed by atoms with Crippen molar-refractivity contribution >= 4 is 15.9 Å². The Morgan fingerprint density at radius 1 is 1.30 bits per heavy atom. The van der Waals surface area contributed by atoms with Gasteiger partial charge in [0.25, 0.3) is 0 Å². The highest BCUT2D eigenvalue weighted by Crippen LogP contribution is 2.33. The number of nitrogens with one attached hydrogen (secondary N) is 1. The molecule has 0 heterocycles. The van der Waals surface area contributed by atoms with Crippen molar-refractivity contribution in [2.24, 2.45) is 11.8 Å². The summed E-state index contributed by atoms with van der Waals surface area (Å²) in [7, 11) is 2.01. The predicted molar refractivity (Wildman–Crippen MR) is 86.4 cm³/mol. The van der Waals surface area contributed by atoms with Crippen LogP contribution in [0.4, 0.5) is 4.39 Å². The zero-order valence-electron chi connectivity index (χ0n) is 12.5. The van der Waals surface area contributed by atoms with E-state index in [4.69, 9.17) is 0 Å². The third-order valence-corrected chi connectivity index (χ3v) is 5.36.